The van der Waals surface area contributed by atoms with Gasteiger partial charge in [0.1, 0.15) is 0 Å². The van der Waals surface area contributed by atoms with Crippen LogP contribution in [0.3, 0.4) is 0 Å². The number of aryl methyl sites for hydroxylation is 2. The summed E-state index contributed by atoms with van der Waals surface area (Å²) in [5.41, 5.74) is 17.3. The van der Waals surface area contributed by atoms with Gasteiger partial charge in [0.25, 0.3) is 0 Å². The van der Waals surface area contributed by atoms with Gasteiger partial charge in [-0.25, -0.2) is 12.2 Å². The Bertz CT molecular complexity index is 1740. The third-order valence-corrected chi connectivity index (χ3v) is 10.9. The van der Waals surface area contributed by atoms with E-state index in [-0.39, 0.29) is 46.5 Å². The fourth-order valence-electron chi connectivity index (χ4n) is 6.57. The molecule has 0 aromatic heterocycles. The quantitative estimate of drug-likeness (QED) is 0.156. The van der Waals surface area contributed by atoms with E-state index in [4.69, 9.17) is 0 Å². The van der Waals surface area contributed by atoms with Gasteiger partial charge >= 0.3 is 112 Å². The maximum atomic E-state index is 3.90. The first-order valence-corrected chi connectivity index (χ1v) is 19.5. The Labute approximate surface area is 345 Å². The van der Waals surface area contributed by atoms with Crippen molar-refractivity contribution in [3.05, 3.63) is 153 Å². The molecule has 52 heavy (non-hydrogen) atoms. The molecule has 0 N–H and O–H groups in total. The molecule has 2 aliphatic carbocycles. The van der Waals surface area contributed by atoms with Crippen LogP contribution in [0.5, 0.6) is 0 Å². The number of allylic oxidation sites excluding steroid dienone is 4. The Morgan fingerprint density at radius 3 is 1.38 bits per heavy atom. The molecular weight excluding hydrogens is 751 g/mol. The summed E-state index contributed by atoms with van der Waals surface area (Å²) in [7, 11) is 0. The minimum Gasteiger partial charge on any atom is -0.273 e. The molecule has 3 heteroatoms. The number of rotatable bonds is 2. The first-order valence-electron chi connectivity index (χ1n) is 18.3. The van der Waals surface area contributed by atoms with Gasteiger partial charge in [-0.05, 0) is 39.4 Å². The van der Waals surface area contributed by atoms with Gasteiger partial charge in [0.2, 0.25) is 0 Å². The summed E-state index contributed by atoms with van der Waals surface area (Å²) in [6, 6.07) is 28.9. The van der Waals surface area contributed by atoms with Crippen molar-refractivity contribution < 1.29 is 24.2 Å². The Morgan fingerprint density at radius 1 is 0.577 bits per heavy atom. The zero-order valence-corrected chi connectivity index (χ0v) is 38.4. The van der Waals surface area contributed by atoms with Crippen LogP contribution in [0.15, 0.2) is 85.0 Å². The molecule has 4 aromatic carbocycles. The van der Waals surface area contributed by atoms with Gasteiger partial charge in [-0.2, -0.15) is 23.8 Å². The zero-order chi connectivity index (χ0) is 37.2. The fourth-order valence-corrected chi connectivity index (χ4v) is 7.39. The maximum absolute atomic E-state index is 3.90. The molecule has 0 saturated carbocycles. The Hall–Kier alpha value is -2.31. The van der Waals surface area contributed by atoms with E-state index in [1.54, 1.807) is 0 Å². The smallest absolute Gasteiger partial charge is 0.109 e. The second kappa shape index (κ2) is 17.9. The summed E-state index contributed by atoms with van der Waals surface area (Å²) >= 11 is 1.46. The maximum Gasteiger partial charge on any atom is -0.109 e. The second-order valence-corrected chi connectivity index (χ2v) is 19.5. The van der Waals surface area contributed by atoms with Gasteiger partial charge in [0, 0.05) is 0 Å². The van der Waals surface area contributed by atoms with Crippen LogP contribution in [-0.2, 0) is 52.3 Å². The molecule has 0 bridgehead atoms. The summed E-state index contributed by atoms with van der Waals surface area (Å²) in [6.07, 6.45) is 11.0. The molecule has 0 aliphatic heterocycles. The summed E-state index contributed by atoms with van der Waals surface area (Å²) in [4.78, 5) is 0. The van der Waals surface area contributed by atoms with Crippen molar-refractivity contribution in [2.24, 2.45) is 0 Å². The average Bonchev–Trinajstić information content (AvgIpc) is 3.71. The fraction of sp³-hybridized carbons (Fsp3) is 0.408. The molecule has 6 rings (SSSR count). The van der Waals surface area contributed by atoms with Gasteiger partial charge in [0.05, 0.1) is 0 Å². The Kier molecular flexibility index (Phi) is 15.8. The van der Waals surface area contributed by atoms with E-state index in [1.807, 2.05) is 12.2 Å². The largest absolute Gasteiger partial charge is 0.273 e. The first kappa shape index (κ1) is 45.8. The van der Waals surface area contributed by atoms with E-state index in [1.165, 1.54) is 94.2 Å². The molecule has 4 aromatic rings. The van der Waals surface area contributed by atoms with Crippen molar-refractivity contribution in [3.63, 3.8) is 0 Å². The van der Waals surface area contributed by atoms with E-state index < -0.39 is 0 Å². The van der Waals surface area contributed by atoms with Crippen LogP contribution in [0.2, 0.25) is 0 Å². The summed E-state index contributed by atoms with van der Waals surface area (Å²) < 4.78 is 1.42. The third kappa shape index (κ3) is 11.6. The van der Waals surface area contributed by atoms with Crippen LogP contribution >= 0.6 is 24.8 Å². The molecule has 0 fully saturated rings. The molecule has 0 unspecified atom stereocenters. The topological polar surface area (TPSA) is 0 Å². The number of benzene rings is 4. The van der Waals surface area contributed by atoms with Crippen molar-refractivity contribution in [2.45, 2.75) is 131 Å². The van der Waals surface area contributed by atoms with Crippen LogP contribution in [0.25, 0.3) is 11.1 Å². The van der Waals surface area contributed by atoms with Crippen molar-refractivity contribution in [2.75, 3.05) is 0 Å². The molecule has 0 amide bonds. The molecule has 0 atom stereocenters. The van der Waals surface area contributed by atoms with Crippen LogP contribution < -0.4 is 0 Å². The van der Waals surface area contributed by atoms with Crippen molar-refractivity contribution >= 4 is 28.0 Å². The standard InChI is InChI=1S/C29H41.C15H14.C5H5.2ClH.Zr/c1-26(2,3)22-14-18-13-19-15-23(27(4,5)6)25(29(10,11)12)17-21(19)20(18)16-24(22)28(7,8)9;1-12-3-7-14(8-4-12)11-15-9-5-13(2)6-10-15;1-2-4-5-3-1;;;/h14,16-17H,13H2,1-12H3;3-10H,1-2H3;1-3H,4H2;2*1H;/q-1;;-1;;;+2. The molecule has 276 valence electrons. The normalized spacial score (nSPS) is 13.1. The average molecular weight is 813 g/mol. The van der Waals surface area contributed by atoms with E-state index in [0.717, 1.165) is 12.8 Å². The SMILES string of the molecule is CC(C)(C)c1[c-]c2c(cc1C(C)(C)C)-c1cc(C(C)(C)C)c(C(C)(C)C)cc1C2.Cc1ccc([C](=[Zr+2])c2ccc(C)cc2)cc1.Cl.Cl.[C-]1=CC=CC1. The Morgan fingerprint density at radius 2 is 1.02 bits per heavy atom. The molecule has 0 nitrogen and oxygen atoms in total. The van der Waals surface area contributed by atoms with E-state index in [2.05, 4.69) is 182 Å². The Balaban J connectivity index is 0.000000340. The van der Waals surface area contributed by atoms with Gasteiger partial charge in [0.15, 0.2) is 0 Å². The monoisotopic (exact) mass is 810 g/mol. The third-order valence-electron chi connectivity index (χ3n) is 9.50. The number of hydrogen-bond acceptors (Lipinski definition) is 0. The van der Waals surface area contributed by atoms with Gasteiger partial charge < -0.3 is 0 Å². The summed E-state index contributed by atoms with van der Waals surface area (Å²) in [6.45, 7) is 32.2. The van der Waals surface area contributed by atoms with Crippen LogP contribution in [-0.4, -0.2) is 3.21 Å². The first-order chi connectivity index (χ1) is 23.1. The van der Waals surface area contributed by atoms with E-state index in [9.17, 15) is 0 Å². The summed E-state index contributed by atoms with van der Waals surface area (Å²) in [5.74, 6) is 0. The minimum atomic E-state index is 0. The van der Waals surface area contributed by atoms with Crippen LogP contribution in [0.4, 0.5) is 0 Å². The molecule has 0 heterocycles. The molecule has 2 aliphatic rings. The van der Waals surface area contributed by atoms with Crippen LogP contribution in [0.1, 0.15) is 145 Å². The predicted molar refractivity (Wildman–Crippen MR) is 230 cm³/mol. The van der Waals surface area contributed by atoms with E-state index >= 15 is 0 Å². The minimum absolute atomic E-state index is 0. The molecule has 0 radical (unpaired) electrons. The van der Waals surface area contributed by atoms with E-state index in [0.29, 0.717) is 0 Å². The van der Waals surface area contributed by atoms with Gasteiger partial charge in [-0.1, -0.05) is 106 Å². The van der Waals surface area contributed by atoms with Gasteiger partial charge in [-0.3, -0.25) is 6.08 Å². The molecular formula is C49H62Cl2Zr. The van der Waals surface area contributed by atoms with Gasteiger partial charge in [-0.15, -0.1) is 47.9 Å². The van der Waals surface area contributed by atoms with Crippen molar-refractivity contribution in [1.29, 1.82) is 0 Å². The number of halogens is 2. The van der Waals surface area contributed by atoms with Crippen LogP contribution in [0, 0.1) is 26.0 Å². The second-order valence-electron chi connectivity index (χ2n) is 18.3. The van der Waals surface area contributed by atoms with Crippen molar-refractivity contribution in [3.8, 4) is 11.1 Å². The predicted octanol–water partition coefficient (Wildman–Crippen LogP) is 13.8. The molecule has 0 spiro atoms. The molecule has 0 saturated heterocycles. The zero-order valence-electron chi connectivity index (χ0n) is 34.3. The summed E-state index contributed by atoms with van der Waals surface area (Å²) in [5, 5.41) is 0. The number of hydrogen-bond donors (Lipinski definition) is 0. The van der Waals surface area contributed by atoms with Crippen molar-refractivity contribution in [1.82, 2.24) is 0 Å². The number of fused-ring (bicyclic) bond motifs is 3.